The Hall–Kier alpha value is -3.94. The highest BCUT2D eigenvalue weighted by Crippen LogP contribution is 2.36. The second kappa shape index (κ2) is 12.9. The lowest BCUT2D eigenvalue weighted by molar-refractivity contribution is -0.121. The molecule has 3 atom stereocenters. The topological polar surface area (TPSA) is 148 Å². The molecule has 0 aromatic heterocycles. The van der Waals surface area contributed by atoms with E-state index in [0.29, 0.717) is 28.7 Å². The lowest BCUT2D eigenvalue weighted by atomic mass is 9.80. The molecule has 0 aliphatic carbocycles. The zero-order valence-corrected chi connectivity index (χ0v) is 23.9. The van der Waals surface area contributed by atoms with Crippen LogP contribution in [0.25, 0.3) is 0 Å². The van der Waals surface area contributed by atoms with Gasteiger partial charge in [-0.25, -0.2) is 10.9 Å². The largest absolute Gasteiger partial charge is 0.488 e. The Labute approximate surface area is 249 Å². The highest BCUT2D eigenvalue weighted by Gasteiger charge is 2.40. The zero-order chi connectivity index (χ0) is 29.8. The summed E-state index contributed by atoms with van der Waals surface area (Å²) in [5, 5.41) is 25.0. The molecule has 3 aromatic rings. The van der Waals surface area contributed by atoms with Crippen molar-refractivity contribution >= 4 is 53.1 Å². The Morgan fingerprint density at radius 3 is 2.60 bits per heavy atom. The smallest absolute Gasteiger partial charge is 0.484 e. The number of aliphatic imine (C=N–C) groups is 1. The second-order valence-electron chi connectivity index (χ2n) is 10.0. The van der Waals surface area contributed by atoms with Gasteiger partial charge in [0.15, 0.2) is 6.61 Å². The average Bonchev–Trinajstić information content (AvgIpc) is 3.29. The molecule has 2 aliphatic rings. The molecule has 3 unspecified atom stereocenters. The first-order chi connectivity index (χ1) is 20.2. The van der Waals surface area contributed by atoms with Crippen molar-refractivity contribution in [2.75, 3.05) is 23.4 Å². The van der Waals surface area contributed by atoms with Gasteiger partial charge in [-0.2, -0.15) is 0 Å². The Bertz CT molecular complexity index is 1490. The minimum absolute atomic E-state index is 0.0944. The highest BCUT2D eigenvalue weighted by atomic mass is 35.5. The Balaban J connectivity index is 1.46. The van der Waals surface area contributed by atoms with E-state index in [1.165, 1.54) is 6.07 Å². The number of hydrazine groups is 1. The lowest BCUT2D eigenvalue weighted by Gasteiger charge is -2.31. The van der Waals surface area contributed by atoms with Crippen LogP contribution in [0.5, 0.6) is 5.75 Å². The molecular weight excluding hydrogens is 559 g/mol. The lowest BCUT2D eigenvalue weighted by Crippen LogP contribution is -2.47. The number of hydrogen-bond donors (Lipinski definition) is 6. The Morgan fingerprint density at radius 1 is 1.07 bits per heavy atom. The van der Waals surface area contributed by atoms with Gasteiger partial charge in [0, 0.05) is 34.1 Å². The van der Waals surface area contributed by atoms with Gasteiger partial charge >= 0.3 is 7.12 Å². The van der Waals surface area contributed by atoms with Crippen molar-refractivity contribution < 1.29 is 24.4 Å². The number of benzene rings is 3. The van der Waals surface area contributed by atoms with Crippen LogP contribution < -0.4 is 36.6 Å². The third-order valence-electron chi connectivity index (χ3n) is 7.04. The van der Waals surface area contributed by atoms with Gasteiger partial charge in [-0.05, 0) is 61.8 Å². The molecule has 2 amide bonds. The maximum atomic E-state index is 12.7. The highest BCUT2D eigenvalue weighted by molar-refractivity contribution is 6.58. The van der Waals surface area contributed by atoms with Crippen molar-refractivity contribution in [1.82, 2.24) is 16.2 Å². The first-order valence-corrected chi connectivity index (χ1v) is 14.0. The summed E-state index contributed by atoms with van der Waals surface area (Å²) in [7, 11) is -1.64. The molecule has 1 fully saturated rings. The standard InChI is InChI=1S/C29H32BClN6O5/c1-3-32-26(38)15-24-29-36-35-17(2)37(29)25-12-11-22(14-23(25)28(34-24)18-7-9-20(31)10-8-18)42-16-27(39)33-21-6-4-5-19(13-21)30(40)41/h4-14,17,24,29,35-36,40-41H,3,15-16H2,1-2H3,(H,32,38)(H,33,39). The minimum atomic E-state index is -1.64. The van der Waals surface area contributed by atoms with Crippen LogP contribution in [0.15, 0.2) is 71.7 Å². The van der Waals surface area contributed by atoms with Crippen LogP contribution in [0, 0.1) is 0 Å². The van der Waals surface area contributed by atoms with E-state index in [1.807, 2.05) is 38.1 Å². The van der Waals surface area contributed by atoms with Crippen LogP contribution in [0.3, 0.4) is 0 Å². The zero-order valence-electron chi connectivity index (χ0n) is 23.2. The number of ether oxygens (including phenoxy) is 1. The number of nitrogens with one attached hydrogen (secondary N) is 4. The van der Waals surface area contributed by atoms with Gasteiger partial charge in [0.2, 0.25) is 5.91 Å². The molecule has 218 valence electrons. The fourth-order valence-corrected chi connectivity index (χ4v) is 5.26. The second-order valence-corrected chi connectivity index (χ2v) is 10.5. The van der Waals surface area contributed by atoms with Crippen molar-refractivity contribution in [3.05, 3.63) is 82.9 Å². The molecule has 2 heterocycles. The summed E-state index contributed by atoms with van der Waals surface area (Å²) >= 11 is 6.19. The van der Waals surface area contributed by atoms with E-state index >= 15 is 0 Å². The molecule has 3 aromatic carbocycles. The van der Waals surface area contributed by atoms with Crippen molar-refractivity contribution in [3.63, 3.8) is 0 Å². The molecule has 0 radical (unpaired) electrons. The molecule has 0 bridgehead atoms. The molecule has 11 nitrogen and oxygen atoms in total. The molecule has 13 heteroatoms. The fourth-order valence-electron chi connectivity index (χ4n) is 5.13. The van der Waals surface area contributed by atoms with Gasteiger partial charge in [-0.3, -0.25) is 14.6 Å². The SMILES string of the molecule is CCNC(=O)CC1N=C(c2ccc(Cl)cc2)c2cc(OCC(=O)Nc3cccc(B(O)O)c3)ccc2N2C(C)NNC12. The summed E-state index contributed by atoms with van der Waals surface area (Å²) in [6, 6.07) is 18.8. The van der Waals surface area contributed by atoms with Crippen LogP contribution in [-0.4, -0.2) is 66.2 Å². The number of halogens is 1. The average molecular weight is 591 g/mol. The van der Waals surface area contributed by atoms with Crippen LogP contribution >= 0.6 is 11.6 Å². The quantitative estimate of drug-likeness (QED) is 0.205. The van der Waals surface area contributed by atoms with Crippen molar-refractivity contribution in [3.8, 4) is 5.75 Å². The number of anilines is 2. The van der Waals surface area contributed by atoms with E-state index in [1.54, 1.807) is 36.4 Å². The summed E-state index contributed by atoms with van der Waals surface area (Å²) in [5.74, 6) is -0.0515. The van der Waals surface area contributed by atoms with E-state index in [0.717, 1.165) is 16.8 Å². The van der Waals surface area contributed by atoms with E-state index in [9.17, 15) is 19.6 Å². The van der Waals surface area contributed by atoms with Gasteiger partial charge in [-0.1, -0.05) is 35.9 Å². The van der Waals surface area contributed by atoms with E-state index < -0.39 is 19.1 Å². The van der Waals surface area contributed by atoms with Crippen molar-refractivity contribution in [2.45, 2.75) is 38.6 Å². The molecular formula is C29H32BClN6O5. The van der Waals surface area contributed by atoms with Crippen molar-refractivity contribution in [1.29, 1.82) is 0 Å². The number of rotatable bonds is 9. The predicted octanol–water partition coefficient (Wildman–Crippen LogP) is 1.37. The maximum absolute atomic E-state index is 12.7. The van der Waals surface area contributed by atoms with E-state index in [2.05, 4.69) is 26.4 Å². The number of carbonyl (C=O) groups excluding carboxylic acids is 2. The van der Waals surface area contributed by atoms with Crippen LogP contribution in [-0.2, 0) is 9.59 Å². The third kappa shape index (κ3) is 6.58. The summed E-state index contributed by atoms with van der Waals surface area (Å²) in [6.45, 7) is 4.15. The predicted molar refractivity (Wildman–Crippen MR) is 163 cm³/mol. The van der Waals surface area contributed by atoms with Gasteiger partial charge in [0.25, 0.3) is 5.91 Å². The molecule has 6 N–H and O–H groups in total. The van der Waals surface area contributed by atoms with E-state index in [-0.39, 0.29) is 36.7 Å². The Kier molecular flexibility index (Phi) is 9.10. The van der Waals surface area contributed by atoms with Gasteiger partial charge in [-0.15, -0.1) is 0 Å². The minimum Gasteiger partial charge on any atom is -0.484 e. The number of carbonyl (C=O) groups is 2. The number of nitrogens with zero attached hydrogens (tertiary/aromatic N) is 2. The van der Waals surface area contributed by atoms with Crippen LogP contribution in [0.4, 0.5) is 11.4 Å². The summed E-state index contributed by atoms with van der Waals surface area (Å²) < 4.78 is 5.89. The van der Waals surface area contributed by atoms with Crippen LogP contribution in [0.1, 0.15) is 31.4 Å². The van der Waals surface area contributed by atoms with Gasteiger partial charge in [0.1, 0.15) is 11.9 Å². The third-order valence-corrected chi connectivity index (χ3v) is 7.29. The molecule has 2 aliphatic heterocycles. The van der Waals surface area contributed by atoms with Gasteiger partial charge in [0.05, 0.1) is 24.3 Å². The molecule has 0 saturated carbocycles. The number of amides is 2. The summed E-state index contributed by atoms with van der Waals surface area (Å²) in [4.78, 5) is 32.6. The molecule has 1 saturated heterocycles. The van der Waals surface area contributed by atoms with Crippen LogP contribution in [0.2, 0.25) is 5.02 Å². The monoisotopic (exact) mass is 590 g/mol. The number of hydrogen-bond acceptors (Lipinski definition) is 9. The summed E-state index contributed by atoms with van der Waals surface area (Å²) in [5.41, 5.74) is 10.4. The first kappa shape index (κ1) is 29.6. The molecule has 42 heavy (non-hydrogen) atoms. The fraction of sp³-hybridized carbons (Fsp3) is 0.276. The summed E-state index contributed by atoms with van der Waals surface area (Å²) in [6.07, 6.45) is -0.215. The molecule has 5 rings (SSSR count). The van der Waals surface area contributed by atoms with E-state index in [4.69, 9.17) is 21.3 Å². The number of fused-ring (bicyclic) bond motifs is 3. The first-order valence-electron chi connectivity index (χ1n) is 13.7. The normalized spacial score (nSPS) is 19.2. The van der Waals surface area contributed by atoms with Crippen molar-refractivity contribution in [2.24, 2.45) is 4.99 Å². The molecule has 0 spiro atoms. The Morgan fingerprint density at radius 2 is 1.86 bits per heavy atom. The van der Waals surface area contributed by atoms with Gasteiger partial charge < -0.3 is 30.3 Å². The maximum Gasteiger partial charge on any atom is 0.488 e.